The summed E-state index contributed by atoms with van der Waals surface area (Å²) in [5.74, 6) is 1.40. The van der Waals surface area contributed by atoms with Gasteiger partial charge >= 0.3 is 0 Å². The quantitative estimate of drug-likeness (QED) is 0.739. The van der Waals surface area contributed by atoms with E-state index in [2.05, 4.69) is 31.0 Å². The Hall–Kier alpha value is -1.64. The van der Waals surface area contributed by atoms with Gasteiger partial charge in [-0.3, -0.25) is 4.79 Å². The molecule has 0 amide bonds. The molecule has 0 aliphatic heterocycles. The third-order valence-electron chi connectivity index (χ3n) is 2.86. The molecule has 0 saturated carbocycles. The zero-order valence-corrected chi connectivity index (χ0v) is 9.90. The van der Waals surface area contributed by atoms with Crippen molar-refractivity contribution in [2.24, 2.45) is 0 Å². The molecule has 0 N–H and O–H groups in total. The van der Waals surface area contributed by atoms with Gasteiger partial charge in [-0.25, -0.2) is 4.98 Å². The van der Waals surface area contributed by atoms with Crippen LogP contribution < -0.4 is 0 Å². The third-order valence-corrected chi connectivity index (χ3v) is 2.86. The Bertz CT molecular complexity index is 526. The Labute approximate surface area is 95.1 Å². The molecule has 2 rings (SSSR count). The largest absolute Gasteiger partial charge is 0.303 e. The molecule has 84 valence electrons. The van der Waals surface area contributed by atoms with Crippen molar-refractivity contribution in [3.63, 3.8) is 0 Å². The summed E-state index contributed by atoms with van der Waals surface area (Å²) in [7, 11) is 0. The molecule has 3 nitrogen and oxygen atoms in total. The molecule has 0 fully saturated rings. The van der Waals surface area contributed by atoms with Crippen LogP contribution >= 0.6 is 0 Å². The fourth-order valence-electron chi connectivity index (χ4n) is 1.88. The number of aryl methyl sites for hydroxylation is 1. The van der Waals surface area contributed by atoms with Crippen LogP contribution in [-0.2, 0) is 6.42 Å². The van der Waals surface area contributed by atoms with Crippen molar-refractivity contribution in [3.05, 3.63) is 35.4 Å². The van der Waals surface area contributed by atoms with Crippen molar-refractivity contribution in [1.29, 1.82) is 0 Å². The van der Waals surface area contributed by atoms with E-state index >= 15 is 0 Å². The molecule has 0 aromatic carbocycles. The molecule has 0 atom stereocenters. The lowest BCUT2D eigenvalue weighted by Crippen LogP contribution is -1.94. The first-order chi connectivity index (χ1) is 7.67. The van der Waals surface area contributed by atoms with Gasteiger partial charge in [0.05, 0.1) is 5.52 Å². The van der Waals surface area contributed by atoms with E-state index in [0.717, 1.165) is 24.0 Å². The summed E-state index contributed by atoms with van der Waals surface area (Å²) in [5, 5.41) is 0. The minimum atomic E-state index is 0.462. The summed E-state index contributed by atoms with van der Waals surface area (Å²) < 4.78 is 2.00. The number of rotatable bonds is 3. The lowest BCUT2D eigenvalue weighted by atomic mass is 10.0. The molecule has 0 spiro atoms. The molecular formula is C13H16N2O. The summed E-state index contributed by atoms with van der Waals surface area (Å²) in [6.45, 7) is 6.33. The van der Waals surface area contributed by atoms with Crippen LogP contribution in [0.1, 0.15) is 48.6 Å². The van der Waals surface area contributed by atoms with Crippen molar-refractivity contribution in [2.45, 2.75) is 33.1 Å². The fraction of sp³-hybridized carbons (Fsp3) is 0.385. The Kier molecular flexibility index (Phi) is 2.77. The lowest BCUT2D eigenvalue weighted by Gasteiger charge is -2.06. The number of fused-ring (bicyclic) bond motifs is 1. The summed E-state index contributed by atoms with van der Waals surface area (Å²) in [6.07, 6.45) is 3.66. The number of hydrogen-bond donors (Lipinski definition) is 0. The van der Waals surface area contributed by atoms with Gasteiger partial charge in [0, 0.05) is 12.6 Å². The van der Waals surface area contributed by atoms with Crippen LogP contribution in [-0.4, -0.2) is 15.7 Å². The number of aromatic nitrogens is 2. The van der Waals surface area contributed by atoms with Crippen LogP contribution in [0.3, 0.4) is 0 Å². The molecule has 16 heavy (non-hydrogen) atoms. The highest BCUT2D eigenvalue weighted by Crippen LogP contribution is 2.19. The smallest absolute Gasteiger partial charge is 0.170 e. The predicted molar refractivity (Wildman–Crippen MR) is 64.0 cm³/mol. The number of hydrogen-bond acceptors (Lipinski definition) is 2. The van der Waals surface area contributed by atoms with Crippen LogP contribution in [0.15, 0.2) is 18.3 Å². The number of pyridine rings is 1. The van der Waals surface area contributed by atoms with E-state index < -0.39 is 0 Å². The van der Waals surface area contributed by atoms with Gasteiger partial charge in [0.1, 0.15) is 11.5 Å². The topological polar surface area (TPSA) is 34.4 Å². The van der Waals surface area contributed by atoms with Gasteiger partial charge in [0.25, 0.3) is 0 Å². The van der Waals surface area contributed by atoms with E-state index in [-0.39, 0.29) is 0 Å². The molecular weight excluding hydrogens is 200 g/mol. The summed E-state index contributed by atoms with van der Waals surface area (Å²) in [5.41, 5.74) is 2.69. The van der Waals surface area contributed by atoms with Crippen LogP contribution in [0.4, 0.5) is 0 Å². The van der Waals surface area contributed by atoms with Crippen molar-refractivity contribution in [1.82, 2.24) is 9.38 Å². The Morgan fingerprint density at radius 1 is 1.50 bits per heavy atom. The number of imidazole rings is 1. The minimum absolute atomic E-state index is 0.462. The van der Waals surface area contributed by atoms with Crippen molar-refractivity contribution < 1.29 is 4.79 Å². The van der Waals surface area contributed by atoms with Gasteiger partial charge in [-0.15, -0.1) is 0 Å². The van der Waals surface area contributed by atoms with Crippen LogP contribution in [0.25, 0.3) is 5.52 Å². The molecule has 0 radical (unpaired) electrons. The van der Waals surface area contributed by atoms with Crippen molar-refractivity contribution in [3.8, 4) is 0 Å². The maximum atomic E-state index is 11.0. The lowest BCUT2D eigenvalue weighted by molar-refractivity contribution is 0.112. The van der Waals surface area contributed by atoms with Gasteiger partial charge < -0.3 is 4.40 Å². The first-order valence-electron chi connectivity index (χ1n) is 5.63. The predicted octanol–water partition coefficient (Wildman–Crippen LogP) is 2.83. The fourth-order valence-corrected chi connectivity index (χ4v) is 1.88. The van der Waals surface area contributed by atoms with Gasteiger partial charge in [-0.2, -0.15) is 0 Å². The van der Waals surface area contributed by atoms with Crippen molar-refractivity contribution >= 4 is 11.8 Å². The minimum Gasteiger partial charge on any atom is -0.303 e. The van der Waals surface area contributed by atoms with Crippen LogP contribution in [0, 0.1) is 0 Å². The Balaban J connectivity index is 2.71. The van der Waals surface area contributed by atoms with E-state index in [1.165, 1.54) is 5.56 Å². The summed E-state index contributed by atoms with van der Waals surface area (Å²) in [4.78, 5) is 15.3. The maximum Gasteiger partial charge on any atom is 0.170 e. The van der Waals surface area contributed by atoms with E-state index in [4.69, 9.17) is 0 Å². The second-order valence-corrected chi connectivity index (χ2v) is 4.25. The zero-order chi connectivity index (χ0) is 11.7. The number of carbonyl (C=O) groups is 1. The Morgan fingerprint density at radius 3 is 2.81 bits per heavy atom. The average Bonchev–Trinajstić information content (AvgIpc) is 2.65. The van der Waals surface area contributed by atoms with Gasteiger partial charge in [-0.05, 0) is 23.6 Å². The Morgan fingerprint density at radius 2 is 2.25 bits per heavy atom. The van der Waals surface area contributed by atoms with E-state index in [0.29, 0.717) is 11.6 Å². The highest BCUT2D eigenvalue weighted by atomic mass is 16.1. The van der Waals surface area contributed by atoms with Crippen molar-refractivity contribution in [2.75, 3.05) is 0 Å². The molecule has 0 saturated heterocycles. The average molecular weight is 216 g/mol. The molecule has 0 bridgehead atoms. The van der Waals surface area contributed by atoms with Gasteiger partial charge in [0.2, 0.25) is 0 Å². The van der Waals surface area contributed by atoms with Gasteiger partial charge in [0.15, 0.2) is 6.29 Å². The maximum absolute atomic E-state index is 11.0. The third kappa shape index (κ3) is 1.62. The number of nitrogens with zero attached hydrogens (tertiary/aromatic N) is 2. The summed E-state index contributed by atoms with van der Waals surface area (Å²) in [6, 6.07) is 4.15. The van der Waals surface area contributed by atoms with Crippen LogP contribution in [0.2, 0.25) is 0 Å². The molecule has 2 heterocycles. The number of aldehydes is 1. The van der Waals surface area contributed by atoms with E-state index in [1.807, 2.05) is 17.5 Å². The molecule has 0 aliphatic rings. The second-order valence-electron chi connectivity index (χ2n) is 4.25. The zero-order valence-electron chi connectivity index (χ0n) is 9.90. The first-order valence-corrected chi connectivity index (χ1v) is 5.63. The first kappa shape index (κ1) is 10.9. The standard InChI is InChI=1S/C13H16N2O/c1-4-13-14-11(8-16)12-7-10(9(2)3)5-6-15(12)13/h5-9H,4H2,1-3H3. The summed E-state index contributed by atoms with van der Waals surface area (Å²) >= 11 is 0. The molecule has 2 aromatic heterocycles. The normalized spacial score (nSPS) is 11.2. The monoisotopic (exact) mass is 216 g/mol. The van der Waals surface area contributed by atoms with E-state index in [9.17, 15) is 4.79 Å². The SMILES string of the molecule is CCc1nc(C=O)c2cc(C(C)C)ccn12. The van der Waals surface area contributed by atoms with Gasteiger partial charge in [-0.1, -0.05) is 20.8 Å². The molecule has 3 heteroatoms. The molecule has 2 aromatic rings. The highest BCUT2D eigenvalue weighted by molar-refractivity contribution is 5.84. The molecule has 0 aliphatic carbocycles. The van der Waals surface area contributed by atoms with Crippen LogP contribution in [0.5, 0.6) is 0 Å². The molecule has 0 unspecified atom stereocenters. The second kappa shape index (κ2) is 4.08. The van der Waals surface area contributed by atoms with E-state index in [1.54, 1.807) is 0 Å². The highest BCUT2D eigenvalue weighted by Gasteiger charge is 2.10. The number of carbonyl (C=O) groups excluding carboxylic acids is 1.